The Kier molecular flexibility index (Phi) is 5.98. The van der Waals surface area contributed by atoms with Crippen LogP contribution < -0.4 is 16.6 Å². The van der Waals surface area contributed by atoms with Crippen LogP contribution in [0.4, 0.5) is 11.6 Å². The van der Waals surface area contributed by atoms with Gasteiger partial charge in [-0.05, 0) is 19.3 Å². The zero-order valence-electron chi connectivity index (χ0n) is 12.2. The van der Waals surface area contributed by atoms with E-state index in [9.17, 15) is 0 Å². The molecular weight excluding hydrogens is 242 g/mol. The highest BCUT2D eigenvalue weighted by Crippen LogP contribution is 2.22. The number of aliphatic hydroxyl groups excluding tert-OH is 1. The first-order valence-corrected chi connectivity index (χ1v) is 6.74. The molecule has 0 fully saturated rings. The Balaban J connectivity index is 3.04. The van der Waals surface area contributed by atoms with E-state index < -0.39 is 0 Å². The summed E-state index contributed by atoms with van der Waals surface area (Å²) < 4.78 is 0. The van der Waals surface area contributed by atoms with Gasteiger partial charge in [0.2, 0.25) is 0 Å². The summed E-state index contributed by atoms with van der Waals surface area (Å²) in [6, 6.07) is 0.175. The van der Waals surface area contributed by atoms with E-state index in [1.165, 1.54) is 0 Å². The maximum atomic E-state index is 9.13. The van der Waals surface area contributed by atoms with Gasteiger partial charge in [0.25, 0.3) is 0 Å². The summed E-state index contributed by atoms with van der Waals surface area (Å²) in [6.07, 6.45) is 1.43. The van der Waals surface area contributed by atoms with Gasteiger partial charge >= 0.3 is 0 Å². The van der Waals surface area contributed by atoms with Crippen LogP contribution in [0.25, 0.3) is 0 Å². The fourth-order valence-corrected chi connectivity index (χ4v) is 1.89. The molecule has 0 radical (unpaired) electrons. The van der Waals surface area contributed by atoms with Gasteiger partial charge in [0.1, 0.15) is 17.5 Å². The van der Waals surface area contributed by atoms with Gasteiger partial charge in [-0.2, -0.15) is 0 Å². The molecule has 6 nitrogen and oxygen atoms in total. The third-order valence-electron chi connectivity index (χ3n) is 3.21. The van der Waals surface area contributed by atoms with Crippen LogP contribution in [0, 0.1) is 12.8 Å². The highest BCUT2D eigenvalue weighted by Gasteiger charge is 2.16. The molecule has 6 heteroatoms. The lowest BCUT2D eigenvalue weighted by atomic mass is 10.0. The number of anilines is 2. The van der Waals surface area contributed by atoms with Gasteiger partial charge in [0.05, 0.1) is 0 Å². The van der Waals surface area contributed by atoms with Crippen molar-refractivity contribution in [3.05, 3.63) is 11.4 Å². The first kappa shape index (κ1) is 15.7. The monoisotopic (exact) mass is 267 g/mol. The van der Waals surface area contributed by atoms with E-state index in [0.717, 1.165) is 23.6 Å². The van der Waals surface area contributed by atoms with Crippen molar-refractivity contribution >= 4 is 11.6 Å². The predicted molar refractivity (Wildman–Crippen MR) is 77.9 cm³/mol. The highest BCUT2D eigenvalue weighted by atomic mass is 16.3. The molecule has 0 saturated carbocycles. The lowest BCUT2D eigenvalue weighted by Gasteiger charge is -2.24. The first-order chi connectivity index (χ1) is 9.03. The van der Waals surface area contributed by atoms with E-state index in [4.69, 9.17) is 10.9 Å². The van der Waals surface area contributed by atoms with E-state index in [1.807, 2.05) is 13.8 Å². The third kappa shape index (κ3) is 4.04. The summed E-state index contributed by atoms with van der Waals surface area (Å²) in [7, 11) is 0. The Morgan fingerprint density at radius 3 is 2.37 bits per heavy atom. The Morgan fingerprint density at radius 2 is 1.89 bits per heavy atom. The second-order valence-corrected chi connectivity index (χ2v) is 4.97. The summed E-state index contributed by atoms with van der Waals surface area (Å²) in [4.78, 5) is 8.84. The molecule has 0 amide bonds. The summed E-state index contributed by atoms with van der Waals surface area (Å²) in [6.45, 7) is 8.32. The largest absolute Gasteiger partial charge is 0.396 e. The third-order valence-corrected chi connectivity index (χ3v) is 3.21. The number of hydrogen-bond donors (Lipinski definition) is 4. The normalized spacial score (nSPS) is 12.6. The van der Waals surface area contributed by atoms with E-state index in [2.05, 4.69) is 34.6 Å². The van der Waals surface area contributed by atoms with Crippen LogP contribution in [-0.4, -0.2) is 27.7 Å². The molecule has 108 valence electrons. The number of rotatable bonds is 7. The standard InChI is InChI=1S/C13H25N5O/c1-5-11-16-12(9(4)13(17-11)18-14)15-10(6-7-19)8(2)3/h8,10,19H,5-7,14H2,1-4H3,(H2,15,16,17,18). The van der Waals surface area contributed by atoms with Crippen molar-refractivity contribution in [3.63, 3.8) is 0 Å². The maximum absolute atomic E-state index is 9.13. The van der Waals surface area contributed by atoms with Gasteiger partial charge in [-0.1, -0.05) is 20.8 Å². The van der Waals surface area contributed by atoms with Crippen LogP contribution in [0.2, 0.25) is 0 Å². The van der Waals surface area contributed by atoms with E-state index >= 15 is 0 Å². The average molecular weight is 267 g/mol. The molecule has 1 unspecified atom stereocenters. The van der Waals surface area contributed by atoms with Crippen molar-refractivity contribution in [2.75, 3.05) is 17.3 Å². The van der Waals surface area contributed by atoms with Gasteiger partial charge in [-0.15, -0.1) is 0 Å². The molecule has 0 aliphatic heterocycles. The Hall–Kier alpha value is -1.40. The quantitative estimate of drug-likeness (QED) is 0.441. The molecule has 1 rings (SSSR count). The van der Waals surface area contributed by atoms with Crippen molar-refractivity contribution in [2.24, 2.45) is 11.8 Å². The molecule has 0 aliphatic rings. The molecule has 1 heterocycles. The lowest BCUT2D eigenvalue weighted by Crippen LogP contribution is -2.28. The number of hydrogen-bond acceptors (Lipinski definition) is 6. The molecule has 0 aliphatic carbocycles. The Labute approximate surface area is 114 Å². The minimum absolute atomic E-state index is 0.155. The van der Waals surface area contributed by atoms with Crippen molar-refractivity contribution in [2.45, 2.75) is 46.6 Å². The van der Waals surface area contributed by atoms with Crippen molar-refractivity contribution in [1.29, 1.82) is 0 Å². The summed E-state index contributed by atoms with van der Waals surface area (Å²) in [5, 5.41) is 12.5. The molecule has 0 saturated heterocycles. The van der Waals surface area contributed by atoms with Gasteiger partial charge in [0, 0.05) is 24.6 Å². The second-order valence-electron chi connectivity index (χ2n) is 4.97. The topological polar surface area (TPSA) is 96.1 Å². The molecule has 5 N–H and O–H groups in total. The SMILES string of the molecule is CCc1nc(NN)c(C)c(NC(CCO)C(C)C)n1. The molecule has 19 heavy (non-hydrogen) atoms. The first-order valence-electron chi connectivity index (χ1n) is 6.74. The van der Waals surface area contributed by atoms with Crippen LogP contribution in [0.1, 0.15) is 38.6 Å². The number of nitrogens with two attached hydrogens (primary N) is 1. The fraction of sp³-hybridized carbons (Fsp3) is 0.692. The molecule has 1 aromatic rings. The van der Waals surface area contributed by atoms with Crippen LogP contribution in [-0.2, 0) is 6.42 Å². The number of aryl methyl sites for hydroxylation is 1. The van der Waals surface area contributed by atoms with Gasteiger partial charge < -0.3 is 15.8 Å². The number of nitrogens with one attached hydrogen (secondary N) is 2. The fourth-order valence-electron chi connectivity index (χ4n) is 1.89. The maximum Gasteiger partial charge on any atom is 0.148 e. The summed E-state index contributed by atoms with van der Waals surface area (Å²) in [5.74, 6) is 8.05. The number of aromatic nitrogens is 2. The van der Waals surface area contributed by atoms with Crippen LogP contribution in [0.5, 0.6) is 0 Å². The minimum atomic E-state index is 0.155. The predicted octanol–water partition coefficient (Wildman–Crippen LogP) is 1.45. The molecule has 0 bridgehead atoms. The molecule has 1 atom stereocenters. The number of aliphatic hydroxyl groups is 1. The van der Waals surface area contributed by atoms with Crippen molar-refractivity contribution in [3.8, 4) is 0 Å². The molecule has 0 spiro atoms. The van der Waals surface area contributed by atoms with Crippen LogP contribution >= 0.6 is 0 Å². The second kappa shape index (κ2) is 7.25. The smallest absolute Gasteiger partial charge is 0.148 e. The zero-order valence-corrected chi connectivity index (χ0v) is 12.2. The van der Waals surface area contributed by atoms with Crippen LogP contribution in [0.15, 0.2) is 0 Å². The summed E-state index contributed by atoms with van der Waals surface area (Å²) >= 11 is 0. The van der Waals surface area contributed by atoms with E-state index in [1.54, 1.807) is 0 Å². The zero-order chi connectivity index (χ0) is 14.4. The average Bonchev–Trinajstić information content (AvgIpc) is 2.40. The molecule has 0 aromatic carbocycles. The van der Waals surface area contributed by atoms with Gasteiger partial charge in [-0.3, -0.25) is 0 Å². The Morgan fingerprint density at radius 1 is 1.26 bits per heavy atom. The number of hydrazine groups is 1. The van der Waals surface area contributed by atoms with E-state index in [0.29, 0.717) is 18.2 Å². The number of nitrogens with zero attached hydrogens (tertiary/aromatic N) is 2. The molecular formula is C13H25N5O. The van der Waals surface area contributed by atoms with Crippen molar-refractivity contribution in [1.82, 2.24) is 9.97 Å². The van der Waals surface area contributed by atoms with Gasteiger partial charge in [0.15, 0.2) is 0 Å². The van der Waals surface area contributed by atoms with Crippen molar-refractivity contribution < 1.29 is 5.11 Å². The lowest BCUT2D eigenvalue weighted by molar-refractivity contribution is 0.267. The Bertz CT molecular complexity index is 408. The molecule has 1 aromatic heterocycles. The van der Waals surface area contributed by atoms with E-state index in [-0.39, 0.29) is 12.6 Å². The van der Waals surface area contributed by atoms with Crippen LogP contribution in [0.3, 0.4) is 0 Å². The number of nitrogen functional groups attached to an aromatic ring is 1. The summed E-state index contributed by atoms with van der Waals surface area (Å²) in [5.41, 5.74) is 3.50. The minimum Gasteiger partial charge on any atom is -0.396 e. The highest BCUT2D eigenvalue weighted by molar-refractivity contribution is 5.57. The van der Waals surface area contributed by atoms with Gasteiger partial charge in [-0.25, -0.2) is 15.8 Å².